The molecule has 1 aliphatic carbocycles. The molecule has 0 radical (unpaired) electrons. The van der Waals surface area contributed by atoms with Crippen LogP contribution in [0.4, 0.5) is 4.39 Å². The highest BCUT2D eigenvalue weighted by Crippen LogP contribution is 2.47. The van der Waals surface area contributed by atoms with E-state index < -0.39 is 0 Å². The number of piperidine rings is 1. The van der Waals surface area contributed by atoms with Gasteiger partial charge in [0.05, 0.1) is 0 Å². The Bertz CT molecular complexity index is 1140. The summed E-state index contributed by atoms with van der Waals surface area (Å²) >= 11 is 0. The second kappa shape index (κ2) is 8.38. The summed E-state index contributed by atoms with van der Waals surface area (Å²) in [7, 11) is 0. The molecule has 164 valence electrons. The lowest BCUT2D eigenvalue weighted by atomic mass is 9.93. The Kier molecular flexibility index (Phi) is 5.41. The lowest BCUT2D eigenvalue weighted by molar-refractivity contribution is -0.126. The van der Waals surface area contributed by atoms with Crippen LogP contribution in [0.1, 0.15) is 41.6 Å². The molecule has 5 heteroatoms. The third-order valence-electron chi connectivity index (χ3n) is 7.08. The molecule has 1 saturated carbocycles. The van der Waals surface area contributed by atoms with Gasteiger partial charge in [0.2, 0.25) is 5.91 Å². The average molecular weight is 431 g/mol. The summed E-state index contributed by atoms with van der Waals surface area (Å²) in [4.78, 5) is 27.8. The van der Waals surface area contributed by atoms with Crippen LogP contribution in [-0.2, 0) is 10.2 Å². The Balaban J connectivity index is 1.17. The lowest BCUT2D eigenvalue weighted by Crippen LogP contribution is -2.44. The number of likely N-dealkylation sites (tertiary alicyclic amines) is 1. The van der Waals surface area contributed by atoms with Crippen LogP contribution in [0.15, 0.2) is 66.7 Å². The van der Waals surface area contributed by atoms with Crippen molar-refractivity contribution in [3.8, 4) is 0 Å². The van der Waals surface area contributed by atoms with E-state index in [0.29, 0.717) is 32.5 Å². The molecular formula is C27H27FN2O2. The van der Waals surface area contributed by atoms with Gasteiger partial charge in [-0.15, -0.1) is 0 Å². The molecule has 0 atom stereocenters. The van der Waals surface area contributed by atoms with Gasteiger partial charge in [-0.25, -0.2) is 4.39 Å². The average Bonchev–Trinajstić information content (AvgIpc) is 3.63. The summed E-state index contributed by atoms with van der Waals surface area (Å²) in [6.45, 7) is 1.76. The number of halogens is 1. The van der Waals surface area contributed by atoms with Gasteiger partial charge in [0.1, 0.15) is 5.82 Å². The van der Waals surface area contributed by atoms with Gasteiger partial charge in [-0.3, -0.25) is 9.59 Å². The quantitative estimate of drug-likeness (QED) is 0.639. The van der Waals surface area contributed by atoms with Crippen molar-refractivity contribution in [3.05, 3.63) is 83.7 Å². The van der Waals surface area contributed by atoms with Crippen LogP contribution in [0.2, 0.25) is 0 Å². The highest BCUT2D eigenvalue weighted by atomic mass is 19.1. The fraction of sp³-hybridized carbons (Fsp3) is 0.333. The SMILES string of the molecule is O=C(NCC1(c2ccc(F)cc2)CC1)C1CCN(C(=O)c2cccc3ccccc23)CC1. The van der Waals surface area contributed by atoms with Gasteiger partial charge in [0.25, 0.3) is 5.91 Å². The number of carbonyl (C=O) groups excluding carboxylic acids is 2. The molecule has 2 fully saturated rings. The van der Waals surface area contributed by atoms with E-state index >= 15 is 0 Å². The van der Waals surface area contributed by atoms with Crippen molar-refractivity contribution in [3.63, 3.8) is 0 Å². The second-order valence-electron chi connectivity index (χ2n) is 9.10. The molecule has 0 aromatic heterocycles. The first-order valence-corrected chi connectivity index (χ1v) is 11.4. The van der Waals surface area contributed by atoms with Gasteiger partial charge in [0, 0.05) is 36.5 Å². The maximum Gasteiger partial charge on any atom is 0.254 e. The molecule has 32 heavy (non-hydrogen) atoms. The lowest BCUT2D eigenvalue weighted by Gasteiger charge is -2.32. The first kappa shape index (κ1) is 20.7. The van der Waals surface area contributed by atoms with E-state index in [2.05, 4.69) is 5.32 Å². The number of amides is 2. The van der Waals surface area contributed by atoms with Crippen molar-refractivity contribution in [2.75, 3.05) is 19.6 Å². The van der Waals surface area contributed by atoms with Crippen LogP contribution in [0, 0.1) is 11.7 Å². The predicted octanol–water partition coefficient (Wildman–Crippen LogP) is 4.68. The second-order valence-corrected chi connectivity index (χ2v) is 9.10. The Morgan fingerprint density at radius 3 is 2.34 bits per heavy atom. The van der Waals surface area contributed by atoms with E-state index in [1.54, 1.807) is 0 Å². The topological polar surface area (TPSA) is 49.4 Å². The van der Waals surface area contributed by atoms with Crippen molar-refractivity contribution >= 4 is 22.6 Å². The molecule has 2 amide bonds. The van der Waals surface area contributed by atoms with E-state index in [-0.39, 0.29) is 29.0 Å². The summed E-state index contributed by atoms with van der Waals surface area (Å²) in [5.74, 6) is -0.210. The molecule has 0 spiro atoms. The third-order valence-corrected chi connectivity index (χ3v) is 7.08. The molecule has 4 nitrogen and oxygen atoms in total. The summed E-state index contributed by atoms with van der Waals surface area (Å²) in [5, 5.41) is 5.16. The van der Waals surface area contributed by atoms with Crippen LogP contribution in [0.25, 0.3) is 10.8 Å². The molecule has 3 aromatic carbocycles. The highest BCUT2D eigenvalue weighted by molar-refractivity contribution is 6.07. The maximum absolute atomic E-state index is 13.2. The first-order chi connectivity index (χ1) is 15.6. The van der Waals surface area contributed by atoms with E-state index in [4.69, 9.17) is 0 Å². The van der Waals surface area contributed by atoms with Gasteiger partial charge in [-0.1, -0.05) is 48.5 Å². The molecule has 5 rings (SSSR count). The standard InChI is InChI=1S/C27H27FN2O2/c28-22-10-8-21(9-11-22)27(14-15-27)18-29-25(31)20-12-16-30(17-13-20)26(32)24-7-3-5-19-4-1-2-6-23(19)24/h1-11,20H,12-18H2,(H,29,31). The zero-order valence-corrected chi connectivity index (χ0v) is 18.0. The minimum Gasteiger partial charge on any atom is -0.355 e. The van der Waals surface area contributed by atoms with Crippen LogP contribution >= 0.6 is 0 Å². The Hall–Kier alpha value is -3.21. The number of nitrogens with one attached hydrogen (secondary N) is 1. The normalized spacial score (nSPS) is 17.8. The van der Waals surface area contributed by atoms with Gasteiger partial charge < -0.3 is 10.2 Å². The Morgan fingerprint density at radius 2 is 1.62 bits per heavy atom. The number of hydrogen-bond acceptors (Lipinski definition) is 2. The number of benzene rings is 3. The largest absolute Gasteiger partial charge is 0.355 e. The predicted molar refractivity (Wildman–Crippen MR) is 123 cm³/mol. The van der Waals surface area contributed by atoms with Gasteiger partial charge in [-0.2, -0.15) is 0 Å². The fourth-order valence-corrected chi connectivity index (χ4v) is 4.85. The van der Waals surface area contributed by atoms with Crippen LogP contribution in [-0.4, -0.2) is 36.3 Å². The summed E-state index contributed by atoms with van der Waals surface area (Å²) < 4.78 is 13.2. The molecule has 1 aliphatic heterocycles. The summed E-state index contributed by atoms with van der Waals surface area (Å²) in [5.41, 5.74) is 1.77. The number of rotatable bonds is 5. The Morgan fingerprint density at radius 1 is 0.938 bits per heavy atom. The minimum absolute atomic E-state index is 0.0360. The molecule has 0 unspecified atom stereocenters. The molecule has 1 heterocycles. The van der Waals surface area contributed by atoms with E-state index in [9.17, 15) is 14.0 Å². The molecule has 1 saturated heterocycles. The van der Waals surface area contributed by atoms with Crippen LogP contribution in [0.5, 0.6) is 0 Å². The van der Waals surface area contributed by atoms with Crippen molar-refractivity contribution in [1.29, 1.82) is 0 Å². The molecular weight excluding hydrogens is 403 g/mol. The number of hydrogen-bond donors (Lipinski definition) is 1. The molecule has 0 bridgehead atoms. The van der Waals surface area contributed by atoms with Crippen LogP contribution in [0.3, 0.4) is 0 Å². The number of nitrogens with zero attached hydrogens (tertiary/aromatic N) is 1. The molecule has 3 aromatic rings. The van der Waals surface area contributed by atoms with Crippen molar-refractivity contribution in [1.82, 2.24) is 10.2 Å². The van der Waals surface area contributed by atoms with Crippen LogP contribution < -0.4 is 5.32 Å². The van der Waals surface area contributed by atoms with Gasteiger partial charge in [0.15, 0.2) is 0 Å². The maximum atomic E-state index is 13.2. The zero-order chi connectivity index (χ0) is 22.1. The summed E-state index contributed by atoms with van der Waals surface area (Å²) in [6, 6.07) is 20.4. The monoisotopic (exact) mass is 430 g/mol. The van der Waals surface area contributed by atoms with E-state index in [1.807, 2.05) is 59.5 Å². The van der Waals surface area contributed by atoms with Crippen molar-refractivity contribution in [2.45, 2.75) is 31.1 Å². The third kappa shape index (κ3) is 3.99. The summed E-state index contributed by atoms with van der Waals surface area (Å²) in [6.07, 6.45) is 3.37. The number of fused-ring (bicyclic) bond motifs is 1. The smallest absolute Gasteiger partial charge is 0.254 e. The van der Waals surface area contributed by atoms with Gasteiger partial charge >= 0.3 is 0 Å². The van der Waals surface area contributed by atoms with Crippen molar-refractivity contribution in [2.24, 2.45) is 5.92 Å². The Labute approximate surface area is 187 Å². The highest BCUT2D eigenvalue weighted by Gasteiger charge is 2.44. The van der Waals surface area contributed by atoms with E-state index in [1.165, 1.54) is 12.1 Å². The number of carbonyl (C=O) groups is 2. The molecule has 2 aliphatic rings. The van der Waals surface area contributed by atoms with Crippen molar-refractivity contribution < 1.29 is 14.0 Å². The first-order valence-electron chi connectivity index (χ1n) is 11.4. The van der Waals surface area contributed by atoms with Gasteiger partial charge in [-0.05, 0) is 60.2 Å². The molecule has 1 N–H and O–H groups in total. The minimum atomic E-state index is -0.238. The van der Waals surface area contributed by atoms with E-state index in [0.717, 1.165) is 34.7 Å². The zero-order valence-electron chi connectivity index (χ0n) is 18.0. The fourth-order valence-electron chi connectivity index (χ4n) is 4.85.